The molecule has 0 bridgehead atoms. The molecule has 0 aliphatic carbocycles. The Morgan fingerprint density at radius 2 is 2.00 bits per heavy atom. The lowest BCUT2D eigenvalue weighted by Gasteiger charge is -2.15. The fraction of sp³-hybridized carbons (Fsp3) is 0.286. The first-order valence-corrected chi connectivity index (χ1v) is 5.75. The summed E-state index contributed by atoms with van der Waals surface area (Å²) in [5.74, 6) is 0. The first-order chi connectivity index (χ1) is 8.41. The Morgan fingerprint density at radius 3 is 2.56 bits per heavy atom. The average molecular weight is 241 g/mol. The van der Waals surface area contributed by atoms with Crippen molar-refractivity contribution in [2.45, 2.75) is 26.2 Å². The average Bonchev–Trinajstić information content (AvgIpc) is 2.71. The molecule has 1 N–H and O–H groups in total. The maximum absolute atomic E-state index is 11.9. The molecule has 0 saturated heterocycles. The molecule has 0 aliphatic rings. The highest BCUT2D eigenvalue weighted by atomic mass is 16.1. The molecule has 0 atom stereocenters. The quantitative estimate of drug-likeness (QED) is 0.833. The van der Waals surface area contributed by atoms with Crippen LogP contribution in [0.25, 0.3) is 5.69 Å². The van der Waals surface area contributed by atoms with Gasteiger partial charge < -0.3 is 0 Å². The molecule has 0 unspecified atom stereocenters. The van der Waals surface area contributed by atoms with Gasteiger partial charge in [-0.25, -0.2) is 4.68 Å². The molecule has 18 heavy (non-hydrogen) atoms. The number of aromatic amines is 1. The Bertz CT molecular complexity index is 665. The van der Waals surface area contributed by atoms with Gasteiger partial charge in [-0.3, -0.25) is 9.89 Å². The fourth-order valence-electron chi connectivity index (χ4n) is 1.69. The van der Waals surface area contributed by atoms with Gasteiger partial charge in [0.15, 0.2) is 0 Å². The lowest BCUT2D eigenvalue weighted by Crippen LogP contribution is -2.14. The molecule has 4 nitrogen and oxygen atoms in total. The third-order valence-corrected chi connectivity index (χ3v) is 2.76. The van der Waals surface area contributed by atoms with E-state index in [1.54, 1.807) is 30.3 Å². The summed E-state index contributed by atoms with van der Waals surface area (Å²) in [4.78, 5) is 11.9. The first kappa shape index (κ1) is 12.2. The number of rotatable bonds is 1. The van der Waals surface area contributed by atoms with Gasteiger partial charge in [0.2, 0.25) is 0 Å². The van der Waals surface area contributed by atoms with Crippen molar-refractivity contribution in [3.63, 3.8) is 0 Å². The zero-order valence-corrected chi connectivity index (χ0v) is 10.7. The smallest absolute Gasteiger partial charge is 0.271 e. The van der Waals surface area contributed by atoms with Crippen LogP contribution in [-0.4, -0.2) is 9.78 Å². The van der Waals surface area contributed by atoms with E-state index in [0.29, 0.717) is 11.3 Å². The lowest BCUT2D eigenvalue weighted by molar-refractivity contribution is 0.560. The summed E-state index contributed by atoms with van der Waals surface area (Å²) in [5.41, 5.74) is 1.85. The SMILES string of the molecule is CC(C)(C)c1cc(=O)n(-c2cccc(C#N)c2)[nH]1. The molecule has 2 rings (SSSR count). The predicted octanol–water partition coefficient (Wildman–Crippen LogP) is 2.33. The Morgan fingerprint density at radius 1 is 1.28 bits per heavy atom. The van der Waals surface area contributed by atoms with E-state index >= 15 is 0 Å². The zero-order valence-electron chi connectivity index (χ0n) is 10.7. The van der Waals surface area contributed by atoms with Crippen LogP contribution in [0.3, 0.4) is 0 Å². The van der Waals surface area contributed by atoms with Crippen LogP contribution >= 0.6 is 0 Å². The number of aromatic nitrogens is 2. The molecule has 1 aromatic carbocycles. The Labute approximate surface area is 105 Å². The van der Waals surface area contributed by atoms with E-state index in [1.165, 1.54) is 4.68 Å². The van der Waals surface area contributed by atoms with Gasteiger partial charge in [-0.2, -0.15) is 5.26 Å². The second-order valence-corrected chi connectivity index (χ2v) is 5.26. The summed E-state index contributed by atoms with van der Waals surface area (Å²) in [7, 11) is 0. The zero-order chi connectivity index (χ0) is 13.3. The van der Waals surface area contributed by atoms with E-state index < -0.39 is 0 Å². The molecule has 92 valence electrons. The minimum Gasteiger partial charge on any atom is -0.294 e. The van der Waals surface area contributed by atoms with Gasteiger partial charge in [0.1, 0.15) is 0 Å². The van der Waals surface area contributed by atoms with Crippen LogP contribution in [0.1, 0.15) is 32.0 Å². The van der Waals surface area contributed by atoms with Gasteiger partial charge in [-0.15, -0.1) is 0 Å². The second kappa shape index (κ2) is 4.19. The maximum Gasteiger partial charge on any atom is 0.271 e. The first-order valence-electron chi connectivity index (χ1n) is 5.75. The molecular formula is C14H15N3O. The molecule has 0 radical (unpaired) electrons. The highest BCUT2D eigenvalue weighted by Crippen LogP contribution is 2.19. The molecule has 0 fully saturated rings. The van der Waals surface area contributed by atoms with Gasteiger partial charge in [0, 0.05) is 17.2 Å². The van der Waals surface area contributed by atoms with Crippen LogP contribution in [-0.2, 0) is 5.41 Å². The van der Waals surface area contributed by atoms with E-state index in [9.17, 15) is 4.79 Å². The summed E-state index contributed by atoms with van der Waals surface area (Å²) < 4.78 is 1.46. The Hall–Kier alpha value is -2.28. The van der Waals surface area contributed by atoms with Gasteiger partial charge in [0.25, 0.3) is 5.56 Å². The van der Waals surface area contributed by atoms with Gasteiger partial charge in [0.05, 0.1) is 17.3 Å². The second-order valence-electron chi connectivity index (χ2n) is 5.26. The van der Waals surface area contributed by atoms with Crippen molar-refractivity contribution < 1.29 is 0 Å². The molecule has 0 amide bonds. The number of nitrogens with zero attached hydrogens (tertiary/aromatic N) is 2. The summed E-state index contributed by atoms with van der Waals surface area (Å²) in [6.45, 7) is 6.11. The van der Waals surface area contributed by atoms with Crippen molar-refractivity contribution in [2.75, 3.05) is 0 Å². The van der Waals surface area contributed by atoms with E-state index in [0.717, 1.165) is 5.69 Å². The van der Waals surface area contributed by atoms with Crippen LogP contribution < -0.4 is 5.56 Å². The van der Waals surface area contributed by atoms with E-state index in [-0.39, 0.29) is 11.0 Å². The standard InChI is InChI=1S/C14H15N3O/c1-14(2,3)12-8-13(18)17(16-12)11-6-4-5-10(7-11)9-15/h4-8,16H,1-3H3. The van der Waals surface area contributed by atoms with Crippen molar-refractivity contribution in [1.82, 2.24) is 9.78 Å². The van der Waals surface area contributed by atoms with Crippen molar-refractivity contribution in [3.8, 4) is 11.8 Å². The van der Waals surface area contributed by atoms with Gasteiger partial charge >= 0.3 is 0 Å². The molecule has 0 saturated carbocycles. The summed E-state index contributed by atoms with van der Waals surface area (Å²) in [6, 6.07) is 10.6. The normalized spacial score (nSPS) is 11.2. The molecule has 1 aromatic heterocycles. The van der Waals surface area contributed by atoms with Gasteiger partial charge in [-0.1, -0.05) is 26.8 Å². The third-order valence-electron chi connectivity index (χ3n) is 2.76. The molecule has 0 aliphatic heterocycles. The van der Waals surface area contributed by atoms with E-state index in [2.05, 4.69) is 11.2 Å². The molecule has 1 heterocycles. The summed E-state index contributed by atoms with van der Waals surface area (Å²) in [5, 5.41) is 11.9. The van der Waals surface area contributed by atoms with Crippen molar-refractivity contribution in [2.24, 2.45) is 0 Å². The monoisotopic (exact) mass is 241 g/mol. The Kier molecular flexibility index (Phi) is 2.84. The molecule has 0 spiro atoms. The lowest BCUT2D eigenvalue weighted by atomic mass is 9.93. The fourth-order valence-corrected chi connectivity index (χ4v) is 1.69. The van der Waals surface area contributed by atoms with Crippen LogP contribution in [0.5, 0.6) is 0 Å². The summed E-state index contributed by atoms with van der Waals surface area (Å²) in [6.07, 6.45) is 0. The number of nitriles is 1. The highest BCUT2D eigenvalue weighted by Gasteiger charge is 2.18. The minimum absolute atomic E-state index is 0.114. The molecule has 4 heteroatoms. The Balaban J connectivity index is 2.55. The molecular weight excluding hydrogens is 226 g/mol. The maximum atomic E-state index is 11.9. The highest BCUT2D eigenvalue weighted by molar-refractivity contribution is 5.41. The van der Waals surface area contributed by atoms with Crippen LogP contribution in [0.15, 0.2) is 35.1 Å². The van der Waals surface area contributed by atoms with Crippen molar-refractivity contribution in [1.29, 1.82) is 5.26 Å². The van der Waals surface area contributed by atoms with Crippen LogP contribution in [0.4, 0.5) is 0 Å². The number of H-pyrrole nitrogens is 1. The van der Waals surface area contributed by atoms with Crippen molar-refractivity contribution >= 4 is 0 Å². The van der Waals surface area contributed by atoms with Crippen LogP contribution in [0.2, 0.25) is 0 Å². The third kappa shape index (κ3) is 2.21. The largest absolute Gasteiger partial charge is 0.294 e. The number of nitrogens with one attached hydrogen (secondary N) is 1. The predicted molar refractivity (Wildman–Crippen MR) is 69.8 cm³/mol. The minimum atomic E-state index is -0.116. The van der Waals surface area contributed by atoms with E-state index in [1.807, 2.05) is 20.8 Å². The molecule has 2 aromatic rings. The number of hydrogen-bond acceptors (Lipinski definition) is 2. The summed E-state index contributed by atoms with van der Waals surface area (Å²) >= 11 is 0. The van der Waals surface area contributed by atoms with E-state index in [4.69, 9.17) is 5.26 Å². The van der Waals surface area contributed by atoms with Gasteiger partial charge in [-0.05, 0) is 18.2 Å². The van der Waals surface area contributed by atoms with Crippen molar-refractivity contribution in [3.05, 3.63) is 51.9 Å². The van der Waals surface area contributed by atoms with Crippen LogP contribution in [0, 0.1) is 11.3 Å². The number of hydrogen-bond donors (Lipinski definition) is 1. The number of benzene rings is 1. The topological polar surface area (TPSA) is 61.6 Å².